The quantitative estimate of drug-likeness (QED) is 0.471. The molecule has 0 saturated heterocycles. The van der Waals surface area contributed by atoms with Gasteiger partial charge in [0, 0.05) is 11.6 Å². The van der Waals surface area contributed by atoms with Gasteiger partial charge in [0.05, 0.1) is 7.11 Å². The maximum Gasteiger partial charge on any atom is 0.318 e. The van der Waals surface area contributed by atoms with Crippen LogP contribution in [0.25, 0.3) is 0 Å². The number of aromatic nitrogens is 2. The van der Waals surface area contributed by atoms with E-state index < -0.39 is 0 Å². The van der Waals surface area contributed by atoms with E-state index >= 15 is 0 Å². The Kier molecular flexibility index (Phi) is 5.79. The Labute approximate surface area is 119 Å². The molecule has 0 aliphatic carbocycles. The molecular formula is C14H22N2O2S. The monoisotopic (exact) mass is 282 g/mol. The summed E-state index contributed by atoms with van der Waals surface area (Å²) in [6.07, 6.45) is 0. The van der Waals surface area contributed by atoms with Crippen LogP contribution in [0.5, 0.6) is 0 Å². The molecule has 0 aliphatic heterocycles. The lowest BCUT2D eigenvalue weighted by atomic mass is 10.1. The summed E-state index contributed by atoms with van der Waals surface area (Å²) in [5, 5.41) is 0.570. The van der Waals surface area contributed by atoms with E-state index in [2.05, 4.69) is 37.7 Å². The van der Waals surface area contributed by atoms with Gasteiger partial charge in [0.1, 0.15) is 16.1 Å². The zero-order valence-corrected chi connectivity index (χ0v) is 13.2. The summed E-state index contributed by atoms with van der Waals surface area (Å²) >= 11 is 1.41. The molecule has 0 aromatic carbocycles. The van der Waals surface area contributed by atoms with Gasteiger partial charge in [-0.3, -0.25) is 4.79 Å². The van der Waals surface area contributed by atoms with E-state index in [0.29, 0.717) is 5.92 Å². The fraction of sp³-hybridized carbons (Fsp3) is 0.643. The summed E-state index contributed by atoms with van der Waals surface area (Å²) < 4.78 is 4.74. The van der Waals surface area contributed by atoms with Gasteiger partial charge in [0.25, 0.3) is 0 Å². The summed E-state index contributed by atoms with van der Waals surface area (Å²) in [5.74, 6) is 1.20. The van der Waals surface area contributed by atoms with Crippen LogP contribution in [0, 0.1) is 0 Å². The Hall–Kier alpha value is -1.10. The van der Waals surface area contributed by atoms with Crippen LogP contribution in [0.15, 0.2) is 11.1 Å². The van der Waals surface area contributed by atoms with E-state index in [4.69, 9.17) is 4.74 Å². The summed E-state index contributed by atoms with van der Waals surface area (Å²) in [7, 11) is 1.40. The molecule has 0 aliphatic rings. The van der Waals surface area contributed by atoms with Gasteiger partial charge in [-0.25, -0.2) is 9.97 Å². The standard InChI is InChI=1S/C14H22N2O2S/c1-8(2)11-7-12(16-13(15-11)9(3)4)19-10(5)14(17)18-6/h7-10H,1-6H3. The fourth-order valence-corrected chi connectivity index (χ4v) is 2.36. The maximum absolute atomic E-state index is 11.5. The highest BCUT2D eigenvalue weighted by molar-refractivity contribution is 8.00. The van der Waals surface area contributed by atoms with Crippen LogP contribution in [-0.4, -0.2) is 28.3 Å². The molecule has 0 saturated carbocycles. The third kappa shape index (κ3) is 4.49. The average molecular weight is 282 g/mol. The van der Waals surface area contributed by atoms with Crippen LogP contribution in [0.1, 0.15) is 58.0 Å². The molecular weight excluding hydrogens is 260 g/mol. The molecule has 0 radical (unpaired) electrons. The molecule has 4 nitrogen and oxygen atoms in total. The van der Waals surface area contributed by atoms with E-state index in [-0.39, 0.29) is 17.1 Å². The molecule has 0 amide bonds. The number of nitrogens with zero attached hydrogens (tertiary/aromatic N) is 2. The third-order valence-electron chi connectivity index (χ3n) is 2.68. The van der Waals surface area contributed by atoms with Gasteiger partial charge in [0.2, 0.25) is 0 Å². The number of thioether (sulfide) groups is 1. The SMILES string of the molecule is COC(=O)C(C)Sc1cc(C(C)C)nc(C(C)C)n1. The highest BCUT2D eigenvalue weighted by Crippen LogP contribution is 2.26. The first-order valence-electron chi connectivity index (χ1n) is 6.48. The van der Waals surface area contributed by atoms with Crippen molar-refractivity contribution in [3.05, 3.63) is 17.6 Å². The second kappa shape index (κ2) is 6.89. The fourth-order valence-electron chi connectivity index (χ4n) is 1.47. The molecule has 19 heavy (non-hydrogen) atoms. The van der Waals surface area contributed by atoms with Crippen molar-refractivity contribution in [3.63, 3.8) is 0 Å². The minimum atomic E-state index is -0.264. The molecule has 5 heteroatoms. The van der Waals surface area contributed by atoms with Crippen molar-refractivity contribution in [1.29, 1.82) is 0 Å². The number of carbonyl (C=O) groups excluding carboxylic acids is 1. The molecule has 1 rings (SSSR count). The third-order valence-corrected chi connectivity index (χ3v) is 3.67. The van der Waals surface area contributed by atoms with Crippen LogP contribution in [0.2, 0.25) is 0 Å². The predicted molar refractivity (Wildman–Crippen MR) is 77.5 cm³/mol. The molecule has 1 aromatic rings. The first kappa shape index (κ1) is 16.0. The molecule has 0 bridgehead atoms. The summed E-state index contributed by atoms with van der Waals surface area (Å²) in [5.41, 5.74) is 1.01. The predicted octanol–water partition coefficient (Wildman–Crippen LogP) is 3.38. The van der Waals surface area contributed by atoms with Crippen LogP contribution >= 0.6 is 11.8 Å². The second-order valence-electron chi connectivity index (χ2n) is 5.08. The van der Waals surface area contributed by atoms with Crippen LogP contribution in [0.4, 0.5) is 0 Å². The molecule has 1 atom stereocenters. The number of methoxy groups -OCH3 is 1. The normalized spacial score (nSPS) is 12.8. The lowest BCUT2D eigenvalue weighted by Gasteiger charge is -2.13. The van der Waals surface area contributed by atoms with Crippen molar-refractivity contribution in [2.24, 2.45) is 0 Å². The van der Waals surface area contributed by atoms with Crippen molar-refractivity contribution in [3.8, 4) is 0 Å². The van der Waals surface area contributed by atoms with E-state index in [1.807, 2.05) is 13.0 Å². The Bertz CT molecular complexity index is 421. The average Bonchev–Trinajstić information content (AvgIpc) is 2.37. The highest BCUT2D eigenvalue weighted by Gasteiger charge is 2.18. The van der Waals surface area contributed by atoms with Gasteiger partial charge in [0.15, 0.2) is 0 Å². The lowest BCUT2D eigenvalue weighted by Crippen LogP contribution is -2.15. The molecule has 1 heterocycles. The van der Waals surface area contributed by atoms with Gasteiger partial charge in [-0.2, -0.15) is 0 Å². The maximum atomic E-state index is 11.5. The number of esters is 1. The minimum absolute atomic E-state index is 0.235. The van der Waals surface area contributed by atoms with E-state index in [1.54, 1.807) is 0 Å². The van der Waals surface area contributed by atoms with Crippen LogP contribution in [-0.2, 0) is 9.53 Å². The zero-order valence-electron chi connectivity index (χ0n) is 12.4. The number of rotatable bonds is 5. The molecule has 0 N–H and O–H groups in total. The molecule has 0 fully saturated rings. The Morgan fingerprint density at radius 3 is 2.26 bits per heavy atom. The summed E-state index contributed by atoms with van der Waals surface area (Å²) in [6.45, 7) is 10.2. The minimum Gasteiger partial charge on any atom is -0.468 e. The highest BCUT2D eigenvalue weighted by atomic mass is 32.2. The number of ether oxygens (including phenoxy) is 1. The zero-order chi connectivity index (χ0) is 14.6. The topological polar surface area (TPSA) is 52.1 Å². The van der Waals surface area contributed by atoms with E-state index in [1.165, 1.54) is 18.9 Å². The smallest absolute Gasteiger partial charge is 0.318 e. The van der Waals surface area contributed by atoms with E-state index in [0.717, 1.165) is 16.5 Å². The number of hydrogen-bond donors (Lipinski definition) is 0. The van der Waals surface area contributed by atoms with Crippen molar-refractivity contribution in [2.45, 2.75) is 56.7 Å². The molecule has 0 spiro atoms. The first-order valence-corrected chi connectivity index (χ1v) is 7.36. The Morgan fingerprint density at radius 2 is 1.79 bits per heavy atom. The first-order chi connectivity index (χ1) is 8.85. The van der Waals surface area contributed by atoms with Gasteiger partial charge < -0.3 is 4.74 Å². The molecule has 1 aromatic heterocycles. The lowest BCUT2D eigenvalue weighted by molar-refractivity contribution is -0.139. The van der Waals surface area contributed by atoms with Crippen molar-refractivity contribution >= 4 is 17.7 Å². The van der Waals surface area contributed by atoms with Crippen molar-refractivity contribution in [1.82, 2.24) is 9.97 Å². The van der Waals surface area contributed by atoms with Crippen molar-refractivity contribution < 1.29 is 9.53 Å². The van der Waals surface area contributed by atoms with Gasteiger partial charge in [-0.05, 0) is 18.9 Å². The summed E-state index contributed by atoms with van der Waals surface area (Å²) in [4.78, 5) is 20.5. The second-order valence-corrected chi connectivity index (χ2v) is 6.44. The molecule has 1 unspecified atom stereocenters. The Morgan fingerprint density at radius 1 is 1.16 bits per heavy atom. The summed E-state index contributed by atoms with van der Waals surface area (Å²) in [6, 6.07) is 1.96. The van der Waals surface area contributed by atoms with Gasteiger partial charge in [-0.15, -0.1) is 0 Å². The van der Waals surface area contributed by atoms with E-state index in [9.17, 15) is 4.79 Å². The van der Waals surface area contributed by atoms with Crippen molar-refractivity contribution in [2.75, 3.05) is 7.11 Å². The number of carbonyl (C=O) groups is 1. The van der Waals surface area contributed by atoms with Crippen LogP contribution < -0.4 is 0 Å². The largest absolute Gasteiger partial charge is 0.468 e. The number of hydrogen-bond acceptors (Lipinski definition) is 5. The van der Waals surface area contributed by atoms with Gasteiger partial charge in [-0.1, -0.05) is 39.5 Å². The van der Waals surface area contributed by atoms with Crippen LogP contribution in [0.3, 0.4) is 0 Å². The molecule has 106 valence electrons. The Balaban J connectivity index is 3.03. The van der Waals surface area contributed by atoms with Gasteiger partial charge >= 0.3 is 5.97 Å².